The fourth-order valence-corrected chi connectivity index (χ4v) is 4.67. The SMILES string of the molecule is CN(C)CCNc1cnc(CN=C2Nc3cc(Cl)c(Cl)cc3CC23CCN(C)CC3)cn1. The zero-order valence-electron chi connectivity index (χ0n) is 19.0. The van der Waals surface area contributed by atoms with E-state index in [0.717, 1.165) is 68.5 Å². The molecule has 0 radical (unpaired) electrons. The summed E-state index contributed by atoms with van der Waals surface area (Å²) in [6, 6.07) is 3.90. The van der Waals surface area contributed by atoms with Gasteiger partial charge >= 0.3 is 0 Å². The number of likely N-dealkylation sites (N-methyl/N-ethyl adjacent to an activating group) is 1. The van der Waals surface area contributed by atoms with Gasteiger partial charge in [0.15, 0.2) is 0 Å². The van der Waals surface area contributed by atoms with E-state index in [9.17, 15) is 0 Å². The van der Waals surface area contributed by atoms with Crippen molar-refractivity contribution in [1.29, 1.82) is 0 Å². The van der Waals surface area contributed by atoms with Gasteiger partial charge in [-0.3, -0.25) is 9.98 Å². The number of aliphatic imine (C=N–C) groups is 1. The van der Waals surface area contributed by atoms with Crippen LogP contribution in [-0.2, 0) is 13.0 Å². The van der Waals surface area contributed by atoms with E-state index in [2.05, 4.69) is 37.4 Å². The molecule has 1 aromatic carbocycles. The molecule has 32 heavy (non-hydrogen) atoms. The number of likely N-dealkylation sites (tertiary alicyclic amines) is 1. The van der Waals surface area contributed by atoms with Crippen molar-refractivity contribution in [2.45, 2.75) is 25.8 Å². The second-order valence-corrected chi connectivity index (χ2v) is 9.91. The maximum atomic E-state index is 6.31. The molecule has 3 heterocycles. The van der Waals surface area contributed by atoms with Crippen LogP contribution in [0.4, 0.5) is 11.5 Å². The number of piperidine rings is 1. The molecule has 1 fully saturated rings. The molecule has 2 aromatic rings. The number of rotatable bonds is 6. The third-order valence-electron chi connectivity index (χ3n) is 6.34. The van der Waals surface area contributed by atoms with Crippen LogP contribution in [0.5, 0.6) is 0 Å². The molecule has 4 rings (SSSR count). The van der Waals surface area contributed by atoms with Gasteiger partial charge in [0.25, 0.3) is 0 Å². The molecule has 1 aromatic heterocycles. The summed E-state index contributed by atoms with van der Waals surface area (Å²) in [5, 5.41) is 8.03. The number of nitrogens with one attached hydrogen (secondary N) is 2. The Labute approximate surface area is 200 Å². The second-order valence-electron chi connectivity index (χ2n) is 9.10. The van der Waals surface area contributed by atoms with Crippen LogP contribution in [0.15, 0.2) is 29.5 Å². The Hall–Kier alpha value is -1.93. The van der Waals surface area contributed by atoms with E-state index in [4.69, 9.17) is 28.2 Å². The van der Waals surface area contributed by atoms with Gasteiger partial charge in [0.2, 0.25) is 0 Å². The molecular weight excluding hydrogens is 445 g/mol. The number of fused-ring (bicyclic) bond motifs is 1. The fourth-order valence-electron chi connectivity index (χ4n) is 4.32. The molecule has 1 spiro atoms. The lowest BCUT2D eigenvalue weighted by Gasteiger charge is -2.45. The molecule has 1 saturated heterocycles. The van der Waals surface area contributed by atoms with Crippen molar-refractivity contribution in [3.05, 3.63) is 45.8 Å². The minimum absolute atomic E-state index is 0.0161. The Morgan fingerprint density at radius 2 is 1.91 bits per heavy atom. The van der Waals surface area contributed by atoms with Crippen molar-refractivity contribution < 1.29 is 0 Å². The van der Waals surface area contributed by atoms with Crippen LogP contribution in [0.1, 0.15) is 24.1 Å². The summed E-state index contributed by atoms with van der Waals surface area (Å²) in [5.41, 5.74) is 3.03. The maximum Gasteiger partial charge on any atom is 0.144 e. The molecule has 0 bridgehead atoms. The number of anilines is 2. The van der Waals surface area contributed by atoms with Gasteiger partial charge in [-0.05, 0) is 71.2 Å². The first kappa shape index (κ1) is 23.2. The number of aromatic nitrogens is 2. The minimum Gasteiger partial charge on any atom is -0.368 e. The molecule has 0 amide bonds. The average Bonchev–Trinajstić information content (AvgIpc) is 2.76. The van der Waals surface area contributed by atoms with E-state index < -0.39 is 0 Å². The van der Waals surface area contributed by atoms with E-state index in [1.54, 1.807) is 12.4 Å². The van der Waals surface area contributed by atoms with Crippen LogP contribution >= 0.6 is 23.2 Å². The molecule has 2 N–H and O–H groups in total. The molecule has 2 aliphatic rings. The van der Waals surface area contributed by atoms with Crippen LogP contribution < -0.4 is 10.6 Å². The van der Waals surface area contributed by atoms with Gasteiger partial charge < -0.3 is 20.4 Å². The maximum absolute atomic E-state index is 6.31. The van der Waals surface area contributed by atoms with Gasteiger partial charge in [-0.15, -0.1) is 0 Å². The third kappa shape index (κ3) is 5.34. The van der Waals surface area contributed by atoms with E-state index in [1.165, 1.54) is 5.56 Å². The minimum atomic E-state index is -0.0161. The number of nitrogens with zero attached hydrogens (tertiary/aromatic N) is 5. The molecule has 2 aliphatic heterocycles. The van der Waals surface area contributed by atoms with Crippen molar-refractivity contribution in [1.82, 2.24) is 19.8 Å². The lowest BCUT2D eigenvalue weighted by molar-refractivity contribution is 0.178. The van der Waals surface area contributed by atoms with Crippen LogP contribution in [-0.4, -0.2) is 72.9 Å². The standard InChI is InChI=1S/C23H31Cl2N7/c1-31(2)9-6-26-21-15-27-17(13-28-21)14-29-22-23(4-7-32(3)8-5-23)12-16-10-18(24)19(25)11-20(16)30-22/h10-11,13,15H,4-9,12,14H2,1-3H3,(H,26,28)(H,29,30). The van der Waals surface area contributed by atoms with Crippen LogP contribution in [0.2, 0.25) is 10.0 Å². The molecule has 172 valence electrons. The molecule has 7 nitrogen and oxygen atoms in total. The lowest BCUT2D eigenvalue weighted by Crippen LogP contribution is -2.49. The first-order valence-electron chi connectivity index (χ1n) is 11.0. The van der Waals surface area contributed by atoms with Crippen LogP contribution in [0.25, 0.3) is 0 Å². The quantitative estimate of drug-likeness (QED) is 0.656. The van der Waals surface area contributed by atoms with Gasteiger partial charge in [0.1, 0.15) is 11.7 Å². The molecule has 0 unspecified atom stereocenters. The highest BCUT2D eigenvalue weighted by Gasteiger charge is 2.42. The first-order valence-corrected chi connectivity index (χ1v) is 11.8. The van der Waals surface area contributed by atoms with Crippen molar-refractivity contribution in [3.8, 4) is 0 Å². The van der Waals surface area contributed by atoms with Crippen molar-refractivity contribution in [2.75, 3.05) is 58.0 Å². The zero-order chi connectivity index (χ0) is 22.7. The Morgan fingerprint density at radius 1 is 1.16 bits per heavy atom. The molecular formula is C23H31Cl2N7. The van der Waals surface area contributed by atoms with E-state index in [-0.39, 0.29) is 5.41 Å². The molecule has 0 saturated carbocycles. The Morgan fingerprint density at radius 3 is 2.59 bits per heavy atom. The lowest BCUT2D eigenvalue weighted by atomic mass is 9.70. The van der Waals surface area contributed by atoms with E-state index in [0.29, 0.717) is 16.6 Å². The fraction of sp³-hybridized carbons (Fsp3) is 0.522. The highest BCUT2D eigenvalue weighted by atomic mass is 35.5. The number of hydrogen-bond donors (Lipinski definition) is 2. The summed E-state index contributed by atoms with van der Waals surface area (Å²) >= 11 is 12.6. The highest BCUT2D eigenvalue weighted by molar-refractivity contribution is 6.42. The number of halogens is 2. The smallest absolute Gasteiger partial charge is 0.144 e. The number of hydrogen-bond acceptors (Lipinski definition) is 6. The van der Waals surface area contributed by atoms with Crippen LogP contribution in [0, 0.1) is 5.41 Å². The van der Waals surface area contributed by atoms with E-state index >= 15 is 0 Å². The van der Waals surface area contributed by atoms with Gasteiger partial charge in [-0.25, -0.2) is 4.98 Å². The largest absolute Gasteiger partial charge is 0.368 e. The van der Waals surface area contributed by atoms with E-state index in [1.807, 2.05) is 26.2 Å². The van der Waals surface area contributed by atoms with Crippen molar-refractivity contribution in [3.63, 3.8) is 0 Å². The monoisotopic (exact) mass is 475 g/mol. The molecule has 9 heteroatoms. The van der Waals surface area contributed by atoms with Crippen LogP contribution in [0.3, 0.4) is 0 Å². The normalized spacial score (nSPS) is 19.2. The Kier molecular flexibility index (Phi) is 7.20. The van der Waals surface area contributed by atoms with Gasteiger partial charge in [-0.2, -0.15) is 0 Å². The summed E-state index contributed by atoms with van der Waals surface area (Å²) in [4.78, 5) is 18.5. The predicted molar refractivity (Wildman–Crippen MR) is 133 cm³/mol. The summed E-state index contributed by atoms with van der Waals surface area (Å²) in [6.07, 6.45) is 6.60. The summed E-state index contributed by atoms with van der Waals surface area (Å²) in [6.45, 7) is 4.35. The highest BCUT2D eigenvalue weighted by Crippen LogP contribution is 2.44. The van der Waals surface area contributed by atoms with Gasteiger partial charge in [0, 0.05) is 24.2 Å². The van der Waals surface area contributed by atoms with Crippen molar-refractivity contribution >= 4 is 40.5 Å². The Balaban J connectivity index is 1.52. The topological polar surface area (TPSA) is 68.7 Å². The summed E-state index contributed by atoms with van der Waals surface area (Å²) in [7, 11) is 6.27. The first-order chi connectivity index (χ1) is 15.3. The number of benzene rings is 1. The molecule has 0 atom stereocenters. The zero-order valence-corrected chi connectivity index (χ0v) is 20.5. The number of amidine groups is 1. The Bertz CT molecular complexity index is 967. The summed E-state index contributed by atoms with van der Waals surface area (Å²) < 4.78 is 0. The second kappa shape index (κ2) is 9.91. The predicted octanol–water partition coefficient (Wildman–Crippen LogP) is 4.04. The van der Waals surface area contributed by atoms with Gasteiger partial charge in [0.05, 0.1) is 34.7 Å². The third-order valence-corrected chi connectivity index (χ3v) is 7.07. The molecule has 0 aliphatic carbocycles. The van der Waals surface area contributed by atoms with Gasteiger partial charge in [-0.1, -0.05) is 23.2 Å². The summed E-state index contributed by atoms with van der Waals surface area (Å²) in [5.74, 6) is 1.80. The average molecular weight is 476 g/mol. The van der Waals surface area contributed by atoms with Crippen molar-refractivity contribution in [2.24, 2.45) is 10.4 Å².